The number of halogens is 1. The first-order valence-electron chi connectivity index (χ1n) is 12.2. The molecule has 6 rings (SSSR count). The van der Waals surface area contributed by atoms with E-state index < -0.39 is 0 Å². The van der Waals surface area contributed by atoms with Gasteiger partial charge in [-0.1, -0.05) is 66.2 Å². The third-order valence-electron chi connectivity index (χ3n) is 7.74. The van der Waals surface area contributed by atoms with Gasteiger partial charge in [0.25, 0.3) is 0 Å². The van der Waals surface area contributed by atoms with Crippen LogP contribution in [0, 0.1) is 12.7 Å². The summed E-state index contributed by atoms with van der Waals surface area (Å²) in [7, 11) is 0. The maximum atomic E-state index is 13.5. The number of aryl methyl sites for hydroxylation is 1. The average Bonchev–Trinajstić information content (AvgIpc) is 3.31. The Bertz CT molecular complexity index is 1250. The summed E-state index contributed by atoms with van der Waals surface area (Å²) in [5.41, 5.74) is 8.41. The molecular weight excluding hydrogens is 425 g/mol. The van der Waals surface area contributed by atoms with Crippen molar-refractivity contribution in [1.82, 2.24) is 4.90 Å². The summed E-state index contributed by atoms with van der Waals surface area (Å²) in [6, 6.07) is 22.1. The van der Waals surface area contributed by atoms with Gasteiger partial charge in [0.15, 0.2) is 0 Å². The van der Waals surface area contributed by atoms with Gasteiger partial charge < -0.3 is 4.74 Å². The standard InChI is InChI=1S/C30H28FNO2/c1-19-14-22(31)11-10-21(19)15-20-16-23-12-13-24(17-20)32(23)30(33)34-18-29-27-8-4-2-6-25(27)26-7-3-5-9-28(26)29/h2-11,14,16,23-24,29H,12-13,15,17-18H2,1H3. The molecule has 2 bridgehead atoms. The highest BCUT2D eigenvalue weighted by Crippen LogP contribution is 2.45. The minimum absolute atomic E-state index is 0.0753. The highest BCUT2D eigenvalue weighted by molar-refractivity contribution is 5.79. The van der Waals surface area contributed by atoms with Crippen molar-refractivity contribution in [3.63, 3.8) is 0 Å². The van der Waals surface area contributed by atoms with Gasteiger partial charge in [0.1, 0.15) is 12.4 Å². The normalized spacial score (nSPS) is 20.6. The van der Waals surface area contributed by atoms with Gasteiger partial charge in [0.05, 0.1) is 6.04 Å². The van der Waals surface area contributed by atoms with Crippen molar-refractivity contribution in [2.45, 2.75) is 50.6 Å². The Morgan fingerprint density at radius 2 is 1.71 bits per heavy atom. The molecule has 3 aromatic carbocycles. The fourth-order valence-corrected chi connectivity index (χ4v) is 6.11. The van der Waals surface area contributed by atoms with E-state index in [2.05, 4.69) is 54.6 Å². The van der Waals surface area contributed by atoms with Crippen LogP contribution in [0.4, 0.5) is 9.18 Å². The number of carbonyl (C=O) groups excluding carboxylic acids is 1. The van der Waals surface area contributed by atoms with E-state index in [1.165, 1.54) is 33.9 Å². The molecule has 0 aromatic heterocycles. The van der Waals surface area contributed by atoms with Crippen molar-refractivity contribution in [2.75, 3.05) is 6.61 Å². The maximum absolute atomic E-state index is 13.5. The van der Waals surface area contributed by atoms with Crippen LogP contribution in [0.25, 0.3) is 11.1 Å². The second-order valence-electron chi connectivity index (χ2n) is 9.79. The van der Waals surface area contributed by atoms with E-state index in [4.69, 9.17) is 4.74 Å². The molecule has 34 heavy (non-hydrogen) atoms. The number of hydrogen-bond acceptors (Lipinski definition) is 2. The monoisotopic (exact) mass is 453 g/mol. The van der Waals surface area contributed by atoms with Gasteiger partial charge in [0, 0.05) is 12.0 Å². The van der Waals surface area contributed by atoms with Crippen LogP contribution >= 0.6 is 0 Å². The van der Waals surface area contributed by atoms with Crippen molar-refractivity contribution in [3.8, 4) is 11.1 Å². The summed E-state index contributed by atoms with van der Waals surface area (Å²) >= 11 is 0. The average molecular weight is 454 g/mol. The lowest BCUT2D eigenvalue weighted by Crippen LogP contribution is -2.44. The van der Waals surface area contributed by atoms with Crippen LogP contribution in [-0.2, 0) is 11.2 Å². The third-order valence-corrected chi connectivity index (χ3v) is 7.74. The minimum Gasteiger partial charge on any atom is -0.448 e. The van der Waals surface area contributed by atoms with Crippen LogP contribution in [0.15, 0.2) is 78.4 Å². The Labute approximate surface area is 199 Å². The lowest BCUT2D eigenvalue weighted by atomic mass is 9.93. The predicted octanol–water partition coefficient (Wildman–Crippen LogP) is 6.79. The van der Waals surface area contributed by atoms with Crippen molar-refractivity contribution in [3.05, 3.63) is 106 Å². The summed E-state index contributed by atoms with van der Waals surface area (Å²) in [6.07, 6.45) is 5.68. The Kier molecular flexibility index (Phi) is 5.24. The highest BCUT2D eigenvalue weighted by atomic mass is 19.1. The lowest BCUT2D eigenvalue weighted by Gasteiger charge is -2.33. The molecule has 2 unspecified atom stereocenters. The Hall–Kier alpha value is -3.40. The summed E-state index contributed by atoms with van der Waals surface area (Å²) < 4.78 is 19.4. The molecule has 4 heteroatoms. The van der Waals surface area contributed by atoms with Crippen molar-refractivity contribution < 1.29 is 13.9 Å². The molecule has 1 aliphatic carbocycles. The zero-order valence-corrected chi connectivity index (χ0v) is 19.3. The number of amides is 1. The van der Waals surface area contributed by atoms with Gasteiger partial charge in [-0.2, -0.15) is 0 Å². The second-order valence-corrected chi connectivity index (χ2v) is 9.79. The molecule has 0 radical (unpaired) electrons. The molecule has 0 saturated carbocycles. The molecule has 1 saturated heterocycles. The molecule has 2 atom stereocenters. The largest absolute Gasteiger partial charge is 0.448 e. The smallest absolute Gasteiger partial charge is 0.410 e. The zero-order chi connectivity index (χ0) is 23.2. The fourth-order valence-electron chi connectivity index (χ4n) is 6.11. The van der Waals surface area contributed by atoms with Crippen LogP contribution < -0.4 is 0 Å². The second kappa shape index (κ2) is 8.43. The van der Waals surface area contributed by atoms with E-state index in [9.17, 15) is 9.18 Å². The summed E-state index contributed by atoms with van der Waals surface area (Å²) in [5, 5.41) is 0. The number of fused-ring (bicyclic) bond motifs is 5. The molecule has 1 amide bonds. The number of hydrogen-bond donors (Lipinski definition) is 0. The van der Waals surface area contributed by atoms with Crippen LogP contribution in [0.2, 0.25) is 0 Å². The first-order valence-corrected chi connectivity index (χ1v) is 12.2. The first kappa shape index (κ1) is 21.2. The molecule has 1 fully saturated rings. The number of nitrogens with zero attached hydrogens (tertiary/aromatic N) is 1. The van der Waals surface area contributed by atoms with Crippen molar-refractivity contribution >= 4 is 6.09 Å². The van der Waals surface area contributed by atoms with E-state index in [0.717, 1.165) is 36.8 Å². The van der Waals surface area contributed by atoms with E-state index in [1.54, 1.807) is 6.07 Å². The quantitative estimate of drug-likeness (QED) is 0.407. The van der Waals surface area contributed by atoms with Crippen molar-refractivity contribution in [2.24, 2.45) is 0 Å². The summed E-state index contributed by atoms with van der Waals surface area (Å²) in [6.45, 7) is 2.31. The number of rotatable bonds is 4. The topological polar surface area (TPSA) is 29.5 Å². The molecule has 3 nitrogen and oxygen atoms in total. The van der Waals surface area contributed by atoms with E-state index in [1.807, 2.05) is 17.9 Å². The molecule has 2 heterocycles. The summed E-state index contributed by atoms with van der Waals surface area (Å²) in [4.78, 5) is 15.2. The third kappa shape index (κ3) is 3.62. The number of ether oxygens (including phenoxy) is 1. The number of carbonyl (C=O) groups is 1. The maximum Gasteiger partial charge on any atom is 0.410 e. The van der Waals surface area contributed by atoms with Gasteiger partial charge in [-0.25, -0.2) is 9.18 Å². The zero-order valence-electron chi connectivity index (χ0n) is 19.3. The van der Waals surface area contributed by atoms with Gasteiger partial charge in [-0.3, -0.25) is 4.90 Å². The van der Waals surface area contributed by atoms with Crippen LogP contribution in [0.5, 0.6) is 0 Å². The SMILES string of the molecule is Cc1cc(F)ccc1CC1=CC2CCC(C1)N2C(=O)OCC1c2ccccc2-c2ccccc21. The van der Waals surface area contributed by atoms with E-state index in [-0.39, 0.29) is 29.9 Å². The van der Waals surface area contributed by atoms with Gasteiger partial charge in [0.2, 0.25) is 0 Å². The van der Waals surface area contributed by atoms with Gasteiger partial charge in [-0.15, -0.1) is 0 Å². The Morgan fingerprint density at radius 1 is 1.00 bits per heavy atom. The molecule has 2 aliphatic heterocycles. The summed E-state index contributed by atoms with van der Waals surface area (Å²) in [5.74, 6) is -0.119. The molecule has 0 spiro atoms. The molecule has 0 N–H and O–H groups in total. The molecular formula is C30H28FNO2. The van der Waals surface area contributed by atoms with Crippen LogP contribution in [0.1, 0.15) is 47.4 Å². The van der Waals surface area contributed by atoms with E-state index >= 15 is 0 Å². The van der Waals surface area contributed by atoms with Gasteiger partial charge in [-0.05, 0) is 78.1 Å². The first-order chi connectivity index (χ1) is 16.6. The Balaban J connectivity index is 1.16. The lowest BCUT2D eigenvalue weighted by molar-refractivity contribution is 0.0849. The van der Waals surface area contributed by atoms with Crippen LogP contribution in [-0.4, -0.2) is 29.7 Å². The molecule has 3 aromatic rings. The van der Waals surface area contributed by atoms with Gasteiger partial charge >= 0.3 is 6.09 Å². The van der Waals surface area contributed by atoms with Crippen molar-refractivity contribution in [1.29, 1.82) is 0 Å². The molecule has 172 valence electrons. The molecule has 3 aliphatic rings. The van der Waals surface area contributed by atoms with E-state index in [0.29, 0.717) is 6.61 Å². The predicted molar refractivity (Wildman–Crippen MR) is 131 cm³/mol. The van der Waals surface area contributed by atoms with Crippen LogP contribution in [0.3, 0.4) is 0 Å². The number of benzene rings is 3. The fraction of sp³-hybridized carbons (Fsp3) is 0.300. The highest BCUT2D eigenvalue weighted by Gasteiger charge is 2.41. The minimum atomic E-state index is -0.206. The Morgan fingerprint density at radius 3 is 2.38 bits per heavy atom.